The van der Waals surface area contributed by atoms with E-state index in [2.05, 4.69) is 20.6 Å². The van der Waals surface area contributed by atoms with Gasteiger partial charge in [0, 0.05) is 19.0 Å². The molecule has 0 bridgehead atoms. The predicted octanol–water partition coefficient (Wildman–Crippen LogP) is 0.611. The van der Waals surface area contributed by atoms with Crippen molar-refractivity contribution in [3.8, 4) is 0 Å². The van der Waals surface area contributed by atoms with Crippen LogP contribution < -0.4 is 10.6 Å². The Morgan fingerprint density at radius 2 is 2.33 bits per heavy atom. The summed E-state index contributed by atoms with van der Waals surface area (Å²) >= 11 is 0. The fourth-order valence-corrected chi connectivity index (χ4v) is 1.60. The van der Waals surface area contributed by atoms with E-state index in [0.29, 0.717) is 12.5 Å². The fraction of sp³-hybridized carbons (Fsp3) is 0.600. The SMILES string of the molecule is CNc1ncc([N+](=O)[O-])c(NCC2(CO)CC2)n1. The Balaban J connectivity index is 2.16. The lowest BCUT2D eigenvalue weighted by atomic mass is 10.1. The molecule has 0 aromatic carbocycles. The number of anilines is 2. The average molecular weight is 253 g/mol. The Labute approximate surface area is 104 Å². The molecule has 0 aliphatic heterocycles. The minimum Gasteiger partial charge on any atom is -0.396 e. The number of hydrogen-bond donors (Lipinski definition) is 3. The molecular weight excluding hydrogens is 238 g/mol. The molecule has 3 N–H and O–H groups in total. The van der Waals surface area contributed by atoms with Gasteiger partial charge in [-0.1, -0.05) is 0 Å². The van der Waals surface area contributed by atoms with Crippen LogP contribution in [0.4, 0.5) is 17.5 Å². The first-order valence-electron chi connectivity index (χ1n) is 5.64. The normalized spacial score (nSPS) is 16.1. The highest BCUT2D eigenvalue weighted by Crippen LogP contribution is 2.45. The number of rotatable bonds is 6. The zero-order valence-corrected chi connectivity index (χ0v) is 10.0. The van der Waals surface area contributed by atoms with Crippen molar-refractivity contribution in [3.05, 3.63) is 16.3 Å². The molecule has 0 atom stereocenters. The van der Waals surface area contributed by atoms with Gasteiger partial charge in [-0.25, -0.2) is 4.98 Å². The highest BCUT2D eigenvalue weighted by atomic mass is 16.6. The monoisotopic (exact) mass is 253 g/mol. The maximum absolute atomic E-state index is 10.8. The Hall–Kier alpha value is -1.96. The first-order valence-corrected chi connectivity index (χ1v) is 5.64. The van der Waals surface area contributed by atoms with Crippen LogP contribution in [0.25, 0.3) is 0 Å². The molecule has 1 aliphatic rings. The number of aliphatic hydroxyl groups is 1. The fourth-order valence-electron chi connectivity index (χ4n) is 1.60. The van der Waals surface area contributed by atoms with Crippen molar-refractivity contribution < 1.29 is 10.0 Å². The first-order chi connectivity index (χ1) is 8.60. The molecule has 8 heteroatoms. The van der Waals surface area contributed by atoms with E-state index < -0.39 is 4.92 Å². The van der Waals surface area contributed by atoms with Crippen LogP contribution in [0, 0.1) is 15.5 Å². The second kappa shape index (κ2) is 4.73. The largest absolute Gasteiger partial charge is 0.396 e. The molecule has 1 aromatic heterocycles. The Morgan fingerprint density at radius 1 is 1.61 bits per heavy atom. The molecule has 2 rings (SSSR count). The highest BCUT2D eigenvalue weighted by molar-refractivity contribution is 5.57. The van der Waals surface area contributed by atoms with Gasteiger partial charge in [0.25, 0.3) is 0 Å². The Bertz CT molecular complexity index is 461. The van der Waals surface area contributed by atoms with Gasteiger partial charge in [0.15, 0.2) is 0 Å². The lowest BCUT2D eigenvalue weighted by Gasteiger charge is -2.13. The second-order valence-electron chi connectivity index (χ2n) is 4.45. The zero-order valence-electron chi connectivity index (χ0n) is 10.0. The Morgan fingerprint density at radius 3 is 2.83 bits per heavy atom. The van der Waals surface area contributed by atoms with Gasteiger partial charge >= 0.3 is 5.69 Å². The van der Waals surface area contributed by atoms with E-state index in [1.165, 1.54) is 6.20 Å². The first kappa shape index (κ1) is 12.5. The molecule has 18 heavy (non-hydrogen) atoms. The highest BCUT2D eigenvalue weighted by Gasteiger charge is 2.42. The van der Waals surface area contributed by atoms with E-state index >= 15 is 0 Å². The van der Waals surface area contributed by atoms with E-state index in [1.54, 1.807) is 7.05 Å². The van der Waals surface area contributed by atoms with E-state index in [0.717, 1.165) is 12.8 Å². The summed E-state index contributed by atoms with van der Waals surface area (Å²) in [5, 5.41) is 25.7. The predicted molar refractivity (Wildman–Crippen MR) is 65.5 cm³/mol. The van der Waals surface area contributed by atoms with Gasteiger partial charge in [-0.2, -0.15) is 4.98 Å². The third-order valence-electron chi connectivity index (χ3n) is 3.11. The third kappa shape index (κ3) is 2.48. The molecule has 1 fully saturated rings. The van der Waals surface area contributed by atoms with Crippen LogP contribution in [-0.4, -0.2) is 40.2 Å². The number of aliphatic hydroxyl groups excluding tert-OH is 1. The molecule has 1 aliphatic carbocycles. The van der Waals surface area contributed by atoms with Crippen molar-refractivity contribution >= 4 is 17.5 Å². The number of hydrogen-bond acceptors (Lipinski definition) is 7. The number of nitro groups is 1. The maximum atomic E-state index is 10.8. The van der Waals surface area contributed by atoms with Crippen molar-refractivity contribution in [2.75, 3.05) is 30.8 Å². The lowest BCUT2D eigenvalue weighted by molar-refractivity contribution is -0.384. The van der Waals surface area contributed by atoms with Gasteiger partial charge < -0.3 is 15.7 Å². The minimum atomic E-state index is -0.527. The van der Waals surface area contributed by atoms with Gasteiger partial charge in [-0.15, -0.1) is 0 Å². The third-order valence-corrected chi connectivity index (χ3v) is 3.11. The molecule has 8 nitrogen and oxygen atoms in total. The second-order valence-corrected chi connectivity index (χ2v) is 4.45. The molecule has 1 saturated carbocycles. The molecule has 1 aromatic rings. The van der Waals surface area contributed by atoms with E-state index in [4.69, 9.17) is 0 Å². The van der Waals surface area contributed by atoms with Crippen LogP contribution in [0.2, 0.25) is 0 Å². The molecule has 98 valence electrons. The van der Waals surface area contributed by atoms with E-state index in [1.807, 2.05) is 0 Å². The molecule has 0 radical (unpaired) electrons. The van der Waals surface area contributed by atoms with Crippen molar-refractivity contribution in [3.63, 3.8) is 0 Å². The summed E-state index contributed by atoms with van der Waals surface area (Å²) in [4.78, 5) is 18.1. The van der Waals surface area contributed by atoms with Crippen molar-refractivity contribution in [1.29, 1.82) is 0 Å². The van der Waals surface area contributed by atoms with Gasteiger partial charge in [-0.05, 0) is 12.8 Å². The summed E-state index contributed by atoms with van der Waals surface area (Å²) in [6, 6.07) is 0. The van der Waals surface area contributed by atoms with Crippen LogP contribution in [0.5, 0.6) is 0 Å². The smallest absolute Gasteiger partial charge is 0.329 e. The molecule has 0 unspecified atom stereocenters. The number of aromatic nitrogens is 2. The molecular formula is C10H15N5O3. The van der Waals surface area contributed by atoms with E-state index in [-0.39, 0.29) is 23.5 Å². The summed E-state index contributed by atoms with van der Waals surface area (Å²) in [6.45, 7) is 0.558. The topological polar surface area (TPSA) is 113 Å². The quantitative estimate of drug-likeness (QED) is 0.502. The van der Waals surface area contributed by atoms with Crippen molar-refractivity contribution in [2.24, 2.45) is 5.41 Å². The molecule has 1 heterocycles. The summed E-state index contributed by atoms with van der Waals surface area (Å²) in [6.07, 6.45) is 3.02. The lowest BCUT2D eigenvalue weighted by Crippen LogP contribution is -2.20. The number of nitrogens with one attached hydrogen (secondary N) is 2. The van der Waals surface area contributed by atoms with Crippen LogP contribution in [0.15, 0.2) is 6.20 Å². The van der Waals surface area contributed by atoms with Crippen molar-refractivity contribution in [2.45, 2.75) is 12.8 Å². The maximum Gasteiger partial charge on any atom is 0.329 e. The summed E-state index contributed by atoms with van der Waals surface area (Å²) in [5.41, 5.74) is -0.304. The van der Waals surface area contributed by atoms with E-state index in [9.17, 15) is 15.2 Å². The van der Waals surface area contributed by atoms with Crippen LogP contribution in [0.3, 0.4) is 0 Å². The van der Waals surface area contributed by atoms with Gasteiger partial charge in [0.1, 0.15) is 6.20 Å². The van der Waals surface area contributed by atoms with Gasteiger partial charge in [-0.3, -0.25) is 10.1 Å². The molecule has 0 spiro atoms. The minimum absolute atomic E-state index is 0.0811. The average Bonchev–Trinajstić information content (AvgIpc) is 3.16. The summed E-state index contributed by atoms with van der Waals surface area (Å²) in [5.74, 6) is 0.496. The van der Waals surface area contributed by atoms with Crippen LogP contribution in [-0.2, 0) is 0 Å². The van der Waals surface area contributed by atoms with Crippen LogP contribution >= 0.6 is 0 Å². The molecule has 0 saturated heterocycles. The number of nitrogens with zero attached hydrogens (tertiary/aromatic N) is 3. The Kier molecular flexibility index (Phi) is 3.28. The zero-order chi connectivity index (χ0) is 13.2. The summed E-state index contributed by atoms with van der Waals surface area (Å²) < 4.78 is 0. The summed E-state index contributed by atoms with van der Waals surface area (Å²) in [7, 11) is 1.64. The van der Waals surface area contributed by atoms with Crippen LogP contribution in [0.1, 0.15) is 12.8 Å². The van der Waals surface area contributed by atoms with Crippen molar-refractivity contribution in [1.82, 2.24) is 9.97 Å². The van der Waals surface area contributed by atoms with Gasteiger partial charge in [0.2, 0.25) is 11.8 Å². The van der Waals surface area contributed by atoms with Gasteiger partial charge in [0.05, 0.1) is 11.5 Å². The standard InChI is InChI=1S/C10H15N5O3/c1-11-9-12-4-7(15(17)18)8(14-9)13-5-10(6-16)2-3-10/h4,16H,2-3,5-6H2,1H3,(H2,11,12,13,14). The molecule has 0 amide bonds.